The van der Waals surface area contributed by atoms with E-state index >= 15 is 0 Å². The van der Waals surface area contributed by atoms with Gasteiger partial charge in [-0.1, -0.05) is 5.92 Å². The fourth-order valence-electron chi connectivity index (χ4n) is 3.43. The number of benzene rings is 1. The molecule has 6 nitrogen and oxygen atoms in total. The lowest BCUT2D eigenvalue weighted by molar-refractivity contribution is -0.135. The Balaban J connectivity index is 1.72. The first kappa shape index (κ1) is 18.7. The predicted octanol–water partition coefficient (Wildman–Crippen LogP) is 2.83. The van der Waals surface area contributed by atoms with Gasteiger partial charge in [-0.25, -0.2) is 4.68 Å². The van der Waals surface area contributed by atoms with Crippen molar-refractivity contribution in [2.24, 2.45) is 0 Å². The molecule has 2 amide bonds. The average molecular weight is 364 g/mol. The van der Waals surface area contributed by atoms with Gasteiger partial charge in [-0.05, 0) is 76.3 Å². The van der Waals surface area contributed by atoms with E-state index in [0.29, 0.717) is 18.7 Å². The summed E-state index contributed by atoms with van der Waals surface area (Å²) in [6, 6.07) is 9.09. The number of rotatable bonds is 3. The Morgan fingerprint density at radius 3 is 2.56 bits per heavy atom. The fourth-order valence-corrected chi connectivity index (χ4v) is 3.43. The molecule has 0 unspecified atom stereocenters. The van der Waals surface area contributed by atoms with E-state index in [1.807, 2.05) is 48.9 Å². The molecule has 0 bridgehead atoms. The van der Waals surface area contributed by atoms with E-state index < -0.39 is 6.04 Å². The standard InChI is InChI=1S/C21H24N4O2/c1-4-7-20(26)24-13-6-5-8-19(24)21(27)22-17-9-11-18(12-10-17)25-16(3)14-15(2)23-25/h9-12,14,19H,5-6,8,13H2,1-3H3,(H,22,27)/t19-/m1/s1. The van der Waals surface area contributed by atoms with E-state index in [-0.39, 0.29) is 11.8 Å². The van der Waals surface area contributed by atoms with Crippen LogP contribution in [0.4, 0.5) is 5.69 Å². The number of nitrogens with one attached hydrogen (secondary N) is 1. The summed E-state index contributed by atoms with van der Waals surface area (Å²) in [5.74, 6) is 4.72. The third kappa shape index (κ3) is 4.20. The predicted molar refractivity (Wildman–Crippen MR) is 104 cm³/mol. The molecule has 3 rings (SSSR count). The Morgan fingerprint density at radius 2 is 1.93 bits per heavy atom. The highest BCUT2D eigenvalue weighted by molar-refractivity contribution is 6.01. The molecular weight excluding hydrogens is 340 g/mol. The van der Waals surface area contributed by atoms with Crippen LogP contribution in [0, 0.1) is 25.7 Å². The van der Waals surface area contributed by atoms with Crippen LogP contribution in [-0.2, 0) is 9.59 Å². The van der Waals surface area contributed by atoms with Crippen LogP contribution >= 0.6 is 0 Å². The number of aromatic nitrogens is 2. The molecule has 140 valence electrons. The number of hydrogen-bond donors (Lipinski definition) is 1. The third-order valence-electron chi connectivity index (χ3n) is 4.69. The molecule has 1 aromatic heterocycles. The molecule has 1 N–H and O–H groups in total. The third-order valence-corrected chi connectivity index (χ3v) is 4.69. The van der Waals surface area contributed by atoms with Gasteiger partial charge in [-0.15, -0.1) is 0 Å². The Bertz CT molecular complexity index is 902. The molecule has 2 aromatic rings. The van der Waals surface area contributed by atoms with Gasteiger partial charge < -0.3 is 10.2 Å². The molecule has 1 saturated heterocycles. The number of hydrogen-bond acceptors (Lipinski definition) is 3. The Hall–Kier alpha value is -3.07. The summed E-state index contributed by atoms with van der Waals surface area (Å²) in [6.45, 7) is 6.16. The highest BCUT2D eigenvalue weighted by Gasteiger charge is 2.31. The number of piperidine rings is 1. The summed E-state index contributed by atoms with van der Waals surface area (Å²) in [4.78, 5) is 26.5. The van der Waals surface area contributed by atoms with Gasteiger partial charge in [0.15, 0.2) is 0 Å². The number of carbonyl (C=O) groups excluding carboxylic acids is 2. The maximum atomic E-state index is 12.7. The summed E-state index contributed by atoms with van der Waals surface area (Å²) in [5.41, 5.74) is 3.65. The van der Waals surface area contributed by atoms with Crippen molar-refractivity contribution >= 4 is 17.5 Å². The van der Waals surface area contributed by atoms with E-state index in [1.165, 1.54) is 0 Å². The van der Waals surface area contributed by atoms with E-state index in [0.717, 1.165) is 29.9 Å². The van der Waals surface area contributed by atoms with E-state index in [9.17, 15) is 9.59 Å². The summed E-state index contributed by atoms with van der Waals surface area (Å²) in [6.07, 6.45) is 2.49. The van der Waals surface area contributed by atoms with Crippen molar-refractivity contribution in [2.75, 3.05) is 11.9 Å². The molecule has 6 heteroatoms. The largest absolute Gasteiger partial charge is 0.324 e. The van der Waals surface area contributed by atoms with Crippen molar-refractivity contribution in [1.82, 2.24) is 14.7 Å². The SMILES string of the molecule is CC#CC(=O)N1CCCC[C@@H]1C(=O)Nc1ccc(-n2nc(C)cc2C)cc1. The normalized spacial score (nSPS) is 16.4. The molecule has 1 fully saturated rings. The van der Waals surface area contributed by atoms with Crippen LogP contribution in [0.2, 0.25) is 0 Å². The number of aryl methyl sites for hydroxylation is 2. The monoisotopic (exact) mass is 364 g/mol. The Kier molecular flexibility index (Phi) is 5.60. The molecule has 1 atom stereocenters. The Labute approximate surface area is 159 Å². The van der Waals surface area contributed by atoms with E-state index in [1.54, 1.807) is 11.8 Å². The molecule has 0 radical (unpaired) electrons. The first-order chi connectivity index (χ1) is 13.0. The van der Waals surface area contributed by atoms with Gasteiger partial charge >= 0.3 is 0 Å². The second-order valence-corrected chi connectivity index (χ2v) is 6.76. The lowest BCUT2D eigenvalue weighted by atomic mass is 10.0. The topological polar surface area (TPSA) is 67.2 Å². The van der Waals surface area contributed by atoms with Crippen molar-refractivity contribution in [3.8, 4) is 17.5 Å². The van der Waals surface area contributed by atoms with E-state index in [4.69, 9.17) is 0 Å². The van der Waals surface area contributed by atoms with Crippen molar-refractivity contribution in [3.63, 3.8) is 0 Å². The summed E-state index contributed by atoms with van der Waals surface area (Å²) >= 11 is 0. The second-order valence-electron chi connectivity index (χ2n) is 6.76. The number of carbonyl (C=O) groups is 2. The lowest BCUT2D eigenvalue weighted by Crippen LogP contribution is -2.49. The van der Waals surface area contributed by atoms with Gasteiger partial charge in [0, 0.05) is 17.9 Å². The van der Waals surface area contributed by atoms with Crippen molar-refractivity contribution in [2.45, 2.75) is 46.1 Å². The van der Waals surface area contributed by atoms with Crippen molar-refractivity contribution in [1.29, 1.82) is 0 Å². The Morgan fingerprint density at radius 1 is 1.19 bits per heavy atom. The maximum Gasteiger partial charge on any atom is 0.299 e. The van der Waals surface area contributed by atoms with Crippen LogP contribution in [0.15, 0.2) is 30.3 Å². The molecule has 2 heterocycles. The average Bonchev–Trinajstić information content (AvgIpc) is 3.00. The molecule has 1 aliphatic heterocycles. The van der Waals surface area contributed by atoms with Crippen LogP contribution in [-0.4, -0.2) is 39.1 Å². The van der Waals surface area contributed by atoms with Gasteiger partial charge in [0.2, 0.25) is 5.91 Å². The van der Waals surface area contributed by atoms with Crippen LogP contribution in [0.5, 0.6) is 0 Å². The molecule has 0 aliphatic carbocycles. The molecule has 1 aliphatic rings. The lowest BCUT2D eigenvalue weighted by Gasteiger charge is -2.33. The molecule has 1 aromatic carbocycles. The smallest absolute Gasteiger partial charge is 0.299 e. The van der Waals surface area contributed by atoms with Gasteiger partial charge in [0.05, 0.1) is 11.4 Å². The highest BCUT2D eigenvalue weighted by Crippen LogP contribution is 2.20. The second kappa shape index (κ2) is 8.09. The van der Waals surface area contributed by atoms with Gasteiger partial charge in [0.25, 0.3) is 5.91 Å². The minimum atomic E-state index is -0.470. The number of nitrogens with zero attached hydrogens (tertiary/aromatic N) is 3. The summed E-state index contributed by atoms with van der Waals surface area (Å²) in [7, 11) is 0. The van der Waals surface area contributed by atoms with Crippen molar-refractivity contribution < 1.29 is 9.59 Å². The zero-order valence-electron chi connectivity index (χ0n) is 16.0. The van der Waals surface area contributed by atoms with Crippen LogP contribution in [0.25, 0.3) is 5.69 Å². The zero-order chi connectivity index (χ0) is 19.4. The van der Waals surface area contributed by atoms with Crippen LogP contribution in [0.3, 0.4) is 0 Å². The first-order valence-corrected chi connectivity index (χ1v) is 9.17. The summed E-state index contributed by atoms with van der Waals surface area (Å²) in [5, 5.41) is 7.39. The molecule has 27 heavy (non-hydrogen) atoms. The maximum absolute atomic E-state index is 12.7. The fraction of sp³-hybridized carbons (Fsp3) is 0.381. The number of anilines is 1. The quantitative estimate of drug-likeness (QED) is 0.852. The highest BCUT2D eigenvalue weighted by atomic mass is 16.2. The van der Waals surface area contributed by atoms with Gasteiger partial charge in [0.1, 0.15) is 6.04 Å². The van der Waals surface area contributed by atoms with Crippen LogP contribution in [0.1, 0.15) is 37.6 Å². The first-order valence-electron chi connectivity index (χ1n) is 9.17. The number of amides is 2. The summed E-state index contributed by atoms with van der Waals surface area (Å²) < 4.78 is 1.87. The zero-order valence-corrected chi connectivity index (χ0v) is 16.0. The van der Waals surface area contributed by atoms with Gasteiger partial charge in [-0.3, -0.25) is 9.59 Å². The minimum absolute atomic E-state index is 0.167. The molecule has 0 saturated carbocycles. The van der Waals surface area contributed by atoms with Crippen molar-refractivity contribution in [3.05, 3.63) is 41.7 Å². The van der Waals surface area contributed by atoms with E-state index in [2.05, 4.69) is 22.3 Å². The van der Waals surface area contributed by atoms with Crippen LogP contribution < -0.4 is 5.32 Å². The minimum Gasteiger partial charge on any atom is -0.324 e. The molecular formula is C21H24N4O2. The van der Waals surface area contributed by atoms with Gasteiger partial charge in [-0.2, -0.15) is 5.10 Å². The number of likely N-dealkylation sites (tertiary alicyclic amines) is 1. The molecule has 0 spiro atoms.